The lowest BCUT2D eigenvalue weighted by Gasteiger charge is -2.44. The van der Waals surface area contributed by atoms with E-state index in [0.717, 1.165) is 6.04 Å². The number of nitrogens with zero attached hydrogens (tertiary/aromatic N) is 1. The molecule has 1 spiro atoms. The van der Waals surface area contributed by atoms with Crippen LogP contribution in [-0.4, -0.2) is 30.1 Å². The highest BCUT2D eigenvalue weighted by Gasteiger charge is 2.43. The molecule has 2 unspecified atom stereocenters. The van der Waals surface area contributed by atoms with Crippen LogP contribution in [0, 0.1) is 5.41 Å². The molecule has 2 rings (SSSR count). The second kappa shape index (κ2) is 5.05. The molecule has 2 atom stereocenters. The summed E-state index contributed by atoms with van der Waals surface area (Å²) in [6.07, 6.45) is 9.38. The topological polar surface area (TPSA) is 29.3 Å². The Labute approximate surface area is 101 Å². The summed E-state index contributed by atoms with van der Waals surface area (Å²) >= 11 is 0. The molecule has 1 saturated heterocycles. The van der Waals surface area contributed by atoms with Crippen LogP contribution in [0.25, 0.3) is 0 Å². The Morgan fingerprint density at radius 2 is 2.00 bits per heavy atom. The monoisotopic (exact) mass is 224 g/mol. The van der Waals surface area contributed by atoms with E-state index in [0.29, 0.717) is 11.5 Å². The Morgan fingerprint density at radius 3 is 2.50 bits per heavy atom. The van der Waals surface area contributed by atoms with Crippen molar-refractivity contribution in [3.05, 3.63) is 0 Å². The van der Waals surface area contributed by atoms with Crippen molar-refractivity contribution in [1.29, 1.82) is 0 Å². The van der Waals surface area contributed by atoms with Crippen LogP contribution < -0.4 is 5.73 Å². The van der Waals surface area contributed by atoms with Crippen LogP contribution in [0.1, 0.15) is 58.8 Å². The first-order valence-corrected chi connectivity index (χ1v) is 7.17. The molecule has 2 fully saturated rings. The molecular formula is C14H28N2. The maximum Gasteiger partial charge on any atom is 0.00965 e. The van der Waals surface area contributed by atoms with Crippen molar-refractivity contribution < 1.29 is 0 Å². The van der Waals surface area contributed by atoms with E-state index in [4.69, 9.17) is 5.73 Å². The van der Waals surface area contributed by atoms with E-state index in [2.05, 4.69) is 18.7 Å². The Bertz CT molecular complexity index is 219. The molecule has 0 amide bonds. The fourth-order valence-electron chi connectivity index (χ4n) is 3.80. The maximum absolute atomic E-state index is 6.31. The van der Waals surface area contributed by atoms with Gasteiger partial charge in [0.25, 0.3) is 0 Å². The highest BCUT2D eigenvalue weighted by atomic mass is 15.2. The third-order valence-electron chi connectivity index (χ3n) is 5.10. The smallest absolute Gasteiger partial charge is 0.00965 e. The van der Waals surface area contributed by atoms with Gasteiger partial charge in [-0.15, -0.1) is 0 Å². The van der Waals surface area contributed by atoms with E-state index < -0.39 is 0 Å². The minimum absolute atomic E-state index is 0.496. The Balaban J connectivity index is 1.86. The van der Waals surface area contributed by atoms with Crippen LogP contribution in [0.5, 0.6) is 0 Å². The summed E-state index contributed by atoms with van der Waals surface area (Å²) in [6, 6.07) is 1.27. The fraction of sp³-hybridized carbons (Fsp3) is 1.00. The van der Waals surface area contributed by atoms with Gasteiger partial charge in [-0.2, -0.15) is 0 Å². The van der Waals surface area contributed by atoms with Crippen LogP contribution in [0.4, 0.5) is 0 Å². The molecule has 1 saturated carbocycles. The molecule has 1 aliphatic carbocycles. The minimum atomic E-state index is 0.496. The average molecular weight is 224 g/mol. The first-order valence-electron chi connectivity index (χ1n) is 7.17. The molecule has 0 bridgehead atoms. The SMILES string of the molecule is CCCC(C)N1CCC2(CCCC2N)CC1. The number of nitrogens with two attached hydrogens (primary N) is 1. The van der Waals surface area contributed by atoms with Gasteiger partial charge in [-0.1, -0.05) is 19.8 Å². The zero-order valence-corrected chi connectivity index (χ0v) is 11.0. The Hall–Kier alpha value is -0.0800. The van der Waals surface area contributed by atoms with Gasteiger partial charge in [-0.3, -0.25) is 0 Å². The molecule has 1 aliphatic heterocycles. The molecular weight excluding hydrogens is 196 g/mol. The Kier molecular flexibility index (Phi) is 3.91. The van der Waals surface area contributed by atoms with Gasteiger partial charge in [-0.05, 0) is 57.5 Å². The normalized spacial score (nSPS) is 32.1. The molecule has 0 aromatic heterocycles. The summed E-state index contributed by atoms with van der Waals surface area (Å²) in [7, 11) is 0. The third kappa shape index (κ3) is 2.28. The summed E-state index contributed by atoms with van der Waals surface area (Å²) in [5.74, 6) is 0. The van der Waals surface area contributed by atoms with Gasteiger partial charge in [-0.25, -0.2) is 0 Å². The quantitative estimate of drug-likeness (QED) is 0.798. The molecule has 16 heavy (non-hydrogen) atoms. The summed E-state index contributed by atoms with van der Waals surface area (Å²) in [4.78, 5) is 2.68. The van der Waals surface area contributed by atoms with Crippen LogP contribution in [0.3, 0.4) is 0 Å². The van der Waals surface area contributed by atoms with E-state index in [9.17, 15) is 0 Å². The molecule has 2 heteroatoms. The van der Waals surface area contributed by atoms with Crippen molar-refractivity contribution in [2.24, 2.45) is 11.1 Å². The fourth-order valence-corrected chi connectivity index (χ4v) is 3.80. The van der Waals surface area contributed by atoms with Crippen LogP contribution >= 0.6 is 0 Å². The van der Waals surface area contributed by atoms with Crippen molar-refractivity contribution in [3.63, 3.8) is 0 Å². The zero-order chi connectivity index (χ0) is 11.6. The van der Waals surface area contributed by atoms with Gasteiger partial charge in [0.05, 0.1) is 0 Å². The first kappa shape index (κ1) is 12.4. The molecule has 2 nitrogen and oxygen atoms in total. The van der Waals surface area contributed by atoms with Crippen LogP contribution in [0.2, 0.25) is 0 Å². The summed E-state index contributed by atoms with van der Waals surface area (Å²) < 4.78 is 0. The van der Waals surface area contributed by atoms with E-state index >= 15 is 0 Å². The van der Waals surface area contributed by atoms with Gasteiger partial charge in [0.2, 0.25) is 0 Å². The summed E-state index contributed by atoms with van der Waals surface area (Å²) in [5, 5.41) is 0. The van der Waals surface area contributed by atoms with Gasteiger partial charge in [0, 0.05) is 12.1 Å². The van der Waals surface area contributed by atoms with Gasteiger partial charge < -0.3 is 10.6 Å². The predicted molar refractivity (Wildman–Crippen MR) is 69.4 cm³/mol. The highest BCUT2D eigenvalue weighted by molar-refractivity contribution is 4.98. The highest BCUT2D eigenvalue weighted by Crippen LogP contribution is 2.45. The van der Waals surface area contributed by atoms with E-state index in [1.54, 1.807) is 0 Å². The van der Waals surface area contributed by atoms with Crippen molar-refractivity contribution >= 4 is 0 Å². The Morgan fingerprint density at radius 1 is 1.31 bits per heavy atom. The summed E-state index contributed by atoms with van der Waals surface area (Å²) in [5.41, 5.74) is 6.84. The second-order valence-electron chi connectivity index (χ2n) is 6.03. The van der Waals surface area contributed by atoms with Crippen LogP contribution in [-0.2, 0) is 0 Å². The predicted octanol–water partition coefficient (Wildman–Crippen LogP) is 2.77. The number of rotatable bonds is 3. The lowest BCUT2D eigenvalue weighted by molar-refractivity contribution is 0.0682. The van der Waals surface area contributed by atoms with Crippen molar-refractivity contribution in [2.75, 3.05) is 13.1 Å². The minimum Gasteiger partial charge on any atom is -0.327 e. The number of hydrogen-bond donors (Lipinski definition) is 1. The van der Waals surface area contributed by atoms with Gasteiger partial charge >= 0.3 is 0 Å². The molecule has 0 aromatic rings. The number of hydrogen-bond acceptors (Lipinski definition) is 2. The number of likely N-dealkylation sites (tertiary alicyclic amines) is 1. The zero-order valence-electron chi connectivity index (χ0n) is 11.0. The van der Waals surface area contributed by atoms with Crippen molar-refractivity contribution in [3.8, 4) is 0 Å². The van der Waals surface area contributed by atoms with E-state index in [1.165, 1.54) is 58.0 Å². The van der Waals surface area contributed by atoms with E-state index in [-0.39, 0.29) is 0 Å². The first-order chi connectivity index (χ1) is 7.68. The standard InChI is InChI=1S/C14H28N2/c1-3-5-12(2)16-10-8-14(9-11-16)7-4-6-13(14)15/h12-13H,3-11,15H2,1-2H3. The molecule has 0 radical (unpaired) electrons. The molecule has 0 aromatic carbocycles. The molecule has 2 N–H and O–H groups in total. The van der Waals surface area contributed by atoms with Crippen LogP contribution in [0.15, 0.2) is 0 Å². The van der Waals surface area contributed by atoms with Gasteiger partial charge in [0.15, 0.2) is 0 Å². The average Bonchev–Trinajstić information content (AvgIpc) is 2.62. The van der Waals surface area contributed by atoms with E-state index in [1.807, 2.05) is 0 Å². The largest absolute Gasteiger partial charge is 0.327 e. The lowest BCUT2D eigenvalue weighted by atomic mass is 9.74. The maximum atomic E-state index is 6.31. The molecule has 94 valence electrons. The van der Waals surface area contributed by atoms with Crippen molar-refractivity contribution in [1.82, 2.24) is 4.90 Å². The molecule has 2 aliphatic rings. The number of piperidine rings is 1. The lowest BCUT2D eigenvalue weighted by Crippen LogP contribution is -2.49. The van der Waals surface area contributed by atoms with Gasteiger partial charge in [0.1, 0.15) is 0 Å². The summed E-state index contributed by atoms with van der Waals surface area (Å²) in [6.45, 7) is 7.24. The molecule has 1 heterocycles. The second-order valence-corrected chi connectivity index (χ2v) is 6.03. The third-order valence-corrected chi connectivity index (χ3v) is 5.10. The van der Waals surface area contributed by atoms with Crippen molar-refractivity contribution in [2.45, 2.75) is 70.9 Å².